The number of hydrogen-bond donors (Lipinski definition) is 1. The topological polar surface area (TPSA) is 63.4 Å². The highest BCUT2D eigenvalue weighted by atomic mass is 19.1. The Labute approximate surface area is 67.4 Å². The lowest BCUT2D eigenvalue weighted by molar-refractivity contribution is -0.386. The van der Waals surface area contributed by atoms with Crippen molar-refractivity contribution in [3.8, 4) is 0 Å². The van der Waals surface area contributed by atoms with Crippen molar-refractivity contribution in [1.82, 2.24) is 0 Å². The Kier molecular flexibility index (Phi) is 2.35. The lowest BCUT2D eigenvalue weighted by atomic mass is 10.2. The summed E-state index contributed by atoms with van der Waals surface area (Å²) in [5.41, 5.74) is -0.667. The van der Waals surface area contributed by atoms with Gasteiger partial charge in [0.05, 0.1) is 17.1 Å². The number of aliphatic hydroxyl groups is 1. The van der Waals surface area contributed by atoms with Crippen molar-refractivity contribution in [2.45, 2.75) is 6.61 Å². The molecule has 0 aliphatic heterocycles. The van der Waals surface area contributed by atoms with Crippen molar-refractivity contribution in [3.05, 3.63) is 39.7 Å². The number of benzene rings is 1. The van der Waals surface area contributed by atoms with E-state index in [0.29, 0.717) is 0 Å². The first kappa shape index (κ1) is 8.61. The summed E-state index contributed by atoms with van der Waals surface area (Å²) in [7, 11) is 0. The molecule has 1 aromatic carbocycles. The number of rotatable bonds is 2. The zero-order valence-electron chi connectivity index (χ0n) is 6.03. The third kappa shape index (κ3) is 1.40. The second kappa shape index (κ2) is 3.27. The largest absolute Gasteiger partial charge is 0.391 e. The molecule has 1 aromatic rings. The molecular weight excluding hydrogens is 165 g/mol. The second-order valence-electron chi connectivity index (χ2n) is 2.15. The maximum Gasteiger partial charge on any atom is 0.277 e. The van der Waals surface area contributed by atoms with E-state index in [2.05, 4.69) is 0 Å². The minimum atomic E-state index is -0.758. The van der Waals surface area contributed by atoms with Gasteiger partial charge in [-0.3, -0.25) is 10.1 Å². The van der Waals surface area contributed by atoms with E-state index >= 15 is 0 Å². The van der Waals surface area contributed by atoms with E-state index in [0.717, 1.165) is 12.1 Å². The van der Waals surface area contributed by atoms with E-state index in [9.17, 15) is 14.5 Å². The smallest absolute Gasteiger partial charge is 0.277 e. The summed E-state index contributed by atoms with van der Waals surface area (Å²) in [6, 6.07) is 3.44. The van der Waals surface area contributed by atoms with Crippen LogP contribution in [0.25, 0.3) is 0 Å². The summed E-state index contributed by atoms with van der Waals surface area (Å²) in [6.07, 6.45) is 0. The molecule has 0 unspecified atom stereocenters. The van der Waals surface area contributed by atoms with Gasteiger partial charge in [-0.05, 0) is 6.07 Å². The van der Waals surface area contributed by atoms with Gasteiger partial charge in [0.25, 0.3) is 5.69 Å². The minimum absolute atomic E-state index is 0.275. The Balaban J connectivity index is 3.27. The van der Waals surface area contributed by atoms with Crippen molar-refractivity contribution >= 4 is 5.69 Å². The van der Waals surface area contributed by atoms with E-state index in [4.69, 9.17) is 5.11 Å². The number of hydrogen-bond acceptors (Lipinski definition) is 3. The van der Waals surface area contributed by atoms with Crippen LogP contribution in [-0.4, -0.2) is 10.0 Å². The number of halogens is 1. The first-order chi connectivity index (χ1) is 5.66. The molecule has 0 bridgehead atoms. The monoisotopic (exact) mass is 171 g/mol. The third-order valence-electron chi connectivity index (χ3n) is 1.45. The molecule has 0 aliphatic carbocycles. The summed E-state index contributed by atoms with van der Waals surface area (Å²) >= 11 is 0. The Hall–Kier alpha value is -1.49. The van der Waals surface area contributed by atoms with Gasteiger partial charge in [-0.2, -0.15) is 0 Å². The molecule has 0 amide bonds. The molecule has 0 saturated heterocycles. The summed E-state index contributed by atoms with van der Waals surface area (Å²) in [6.45, 7) is -0.664. The van der Waals surface area contributed by atoms with Crippen LogP contribution in [-0.2, 0) is 6.61 Å². The predicted molar refractivity (Wildman–Crippen MR) is 39.0 cm³/mol. The molecule has 1 N–H and O–H groups in total. The molecule has 5 heteroatoms. The van der Waals surface area contributed by atoms with Crippen molar-refractivity contribution in [3.63, 3.8) is 0 Å². The number of aliphatic hydroxyl groups excluding tert-OH is 1. The predicted octanol–water partition coefficient (Wildman–Crippen LogP) is 1.23. The molecule has 0 spiro atoms. The molecule has 0 fully saturated rings. The quantitative estimate of drug-likeness (QED) is 0.537. The highest BCUT2D eigenvalue weighted by molar-refractivity contribution is 5.40. The van der Waals surface area contributed by atoms with E-state index in [1.165, 1.54) is 6.07 Å². The molecule has 12 heavy (non-hydrogen) atoms. The zero-order valence-corrected chi connectivity index (χ0v) is 6.03. The van der Waals surface area contributed by atoms with Crippen molar-refractivity contribution in [1.29, 1.82) is 0 Å². The SMILES string of the molecule is O=[N+]([O-])c1cccc(F)c1CO. The van der Waals surface area contributed by atoms with E-state index in [1.807, 2.05) is 0 Å². The summed E-state index contributed by atoms with van der Waals surface area (Å²) in [5, 5.41) is 18.9. The molecule has 0 aliphatic rings. The third-order valence-corrected chi connectivity index (χ3v) is 1.45. The molecule has 4 nitrogen and oxygen atoms in total. The Morgan fingerprint density at radius 3 is 2.67 bits per heavy atom. The lowest BCUT2D eigenvalue weighted by Crippen LogP contribution is -1.97. The molecule has 0 atom stereocenters. The van der Waals surface area contributed by atoms with Crippen LogP contribution in [0.4, 0.5) is 10.1 Å². The maximum atomic E-state index is 12.7. The molecular formula is C7H6FNO3. The van der Waals surface area contributed by atoms with Crippen LogP contribution >= 0.6 is 0 Å². The number of nitro benzene ring substituents is 1. The summed E-state index contributed by atoms with van der Waals surface area (Å²) in [4.78, 5) is 9.53. The average Bonchev–Trinajstić information content (AvgIpc) is 2.03. The van der Waals surface area contributed by atoms with E-state index < -0.39 is 23.0 Å². The average molecular weight is 171 g/mol. The summed E-state index contributed by atoms with van der Waals surface area (Å²) < 4.78 is 12.7. The standard InChI is InChI=1S/C7H6FNO3/c8-6-2-1-3-7(9(11)12)5(6)4-10/h1-3,10H,4H2. The van der Waals surface area contributed by atoms with Crippen molar-refractivity contribution in [2.24, 2.45) is 0 Å². The molecule has 64 valence electrons. The van der Waals surface area contributed by atoms with Crippen molar-refractivity contribution in [2.75, 3.05) is 0 Å². The van der Waals surface area contributed by atoms with Gasteiger partial charge in [-0.1, -0.05) is 6.07 Å². The van der Waals surface area contributed by atoms with Gasteiger partial charge < -0.3 is 5.11 Å². The van der Waals surface area contributed by atoms with Crippen LogP contribution in [0.1, 0.15) is 5.56 Å². The van der Waals surface area contributed by atoms with Crippen LogP contribution in [0, 0.1) is 15.9 Å². The second-order valence-corrected chi connectivity index (χ2v) is 2.15. The van der Waals surface area contributed by atoms with Gasteiger partial charge in [0.1, 0.15) is 5.82 Å². The van der Waals surface area contributed by atoms with Crippen molar-refractivity contribution < 1.29 is 14.4 Å². The van der Waals surface area contributed by atoms with Gasteiger partial charge >= 0.3 is 0 Å². The van der Waals surface area contributed by atoms with Gasteiger partial charge in [0.2, 0.25) is 0 Å². The molecule has 0 aromatic heterocycles. The highest BCUT2D eigenvalue weighted by Crippen LogP contribution is 2.20. The van der Waals surface area contributed by atoms with Gasteiger partial charge in [-0.15, -0.1) is 0 Å². The maximum absolute atomic E-state index is 12.7. The van der Waals surface area contributed by atoms with Crippen LogP contribution in [0.5, 0.6) is 0 Å². The van der Waals surface area contributed by atoms with Crippen LogP contribution < -0.4 is 0 Å². The zero-order chi connectivity index (χ0) is 9.14. The van der Waals surface area contributed by atoms with Crippen LogP contribution in [0.3, 0.4) is 0 Å². The number of nitro groups is 1. The first-order valence-electron chi connectivity index (χ1n) is 3.19. The normalized spacial score (nSPS) is 9.83. The lowest BCUT2D eigenvalue weighted by Gasteiger charge is -1.98. The fourth-order valence-electron chi connectivity index (χ4n) is 0.875. The van der Waals surface area contributed by atoms with Gasteiger partial charge in [0.15, 0.2) is 0 Å². The van der Waals surface area contributed by atoms with E-state index in [-0.39, 0.29) is 5.56 Å². The minimum Gasteiger partial charge on any atom is -0.391 e. The summed E-state index contributed by atoms with van der Waals surface area (Å²) in [5.74, 6) is -0.758. The Morgan fingerprint density at radius 1 is 1.58 bits per heavy atom. The number of nitrogens with zero attached hydrogens (tertiary/aromatic N) is 1. The first-order valence-corrected chi connectivity index (χ1v) is 3.19. The molecule has 0 saturated carbocycles. The Morgan fingerprint density at radius 2 is 2.25 bits per heavy atom. The van der Waals surface area contributed by atoms with Gasteiger partial charge in [-0.25, -0.2) is 4.39 Å². The molecule has 1 rings (SSSR count). The van der Waals surface area contributed by atoms with Crippen LogP contribution in [0.2, 0.25) is 0 Å². The molecule has 0 heterocycles. The fourth-order valence-corrected chi connectivity index (χ4v) is 0.875. The highest BCUT2D eigenvalue weighted by Gasteiger charge is 2.15. The fraction of sp³-hybridized carbons (Fsp3) is 0.143. The molecule has 0 radical (unpaired) electrons. The van der Waals surface area contributed by atoms with Crippen LogP contribution in [0.15, 0.2) is 18.2 Å². The van der Waals surface area contributed by atoms with E-state index in [1.54, 1.807) is 0 Å². The Bertz CT molecular complexity index is 314. The van der Waals surface area contributed by atoms with Gasteiger partial charge in [0, 0.05) is 6.07 Å².